The summed E-state index contributed by atoms with van der Waals surface area (Å²) in [6, 6.07) is 0. The van der Waals surface area contributed by atoms with Crippen LogP contribution in [0.15, 0.2) is 36.3 Å². The van der Waals surface area contributed by atoms with E-state index in [2.05, 4.69) is 13.2 Å². The minimum Gasteiger partial charge on any atom is -0.487 e. The zero-order valence-corrected chi connectivity index (χ0v) is 6.72. The van der Waals surface area contributed by atoms with Gasteiger partial charge in [-0.3, -0.25) is 0 Å². The zero-order chi connectivity index (χ0) is 8.27. The SMILES string of the molecule is C=C/C(C)=C1/OCCOC1=C. The maximum absolute atomic E-state index is 5.33. The van der Waals surface area contributed by atoms with Crippen LogP contribution in [0.25, 0.3) is 0 Å². The minimum absolute atomic E-state index is 0.590. The van der Waals surface area contributed by atoms with Crippen LogP contribution in [-0.4, -0.2) is 13.2 Å². The Morgan fingerprint density at radius 1 is 1.45 bits per heavy atom. The van der Waals surface area contributed by atoms with Gasteiger partial charge in [0.15, 0.2) is 11.5 Å². The summed E-state index contributed by atoms with van der Waals surface area (Å²) in [4.78, 5) is 0. The quantitative estimate of drug-likeness (QED) is 0.572. The second kappa shape index (κ2) is 3.28. The predicted molar refractivity (Wildman–Crippen MR) is 43.9 cm³/mol. The Morgan fingerprint density at radius 2 is 2.09 bits per heavy atom. The maximum atomic E-state index is 5.33. The van der Waals surface area contributed by atoms with Gasteiger partial charge in [-0.05, 0) is 12.5 Å². The summed E-state index contributed by atoms with van der Waals surface area (Å²) in [6.07, 6.45) is 1.73. The van der Waals surface area contributed by atoms with Crippen LogP contribution >= 0.6 is 0 Å². The first kappa shape index (κ1) is 7.92. The lowest BCUT2D eigenvalue weighted by molar-refractivity contribution is 0.0591. The number of allylic oxidation sites excluding steroid dienone is 2. The molecule has 2 heteroatoms. The zero-order valence-electron chi connectivity index (χ0n) is 6.72. The third kappa shape index (κ3) is 1.64. The lowest BCUT2D eigenvalue weighted by atomic mass is 10.2. The van der Waals surface area contributed by atoms with Gasteiger partial charge in [0, 0.05) is 0 Å². The lowest BCUT2D eigenvalue weighted by Gasteiger charge is -2.20. The van der Waals surface area contributed by atoms with E-state index in [-0.39, 0.29) is 0 Å². The van der Waals surface area contributed by atoms with Crippen LogP contribution in [-0.2, 0) is 9.47 Å². The van der Waals surface area contributed by atoms with E-state index in [1.54, 1.807) is 6.08 Å². The van der Waals surface area contributed by atoms with E-state index in [1.165, 1.54) is 0 Å². The van der Waals surface area contributed by atoms with Gasteiger partial charge in [-0.15, -0.1) is 0 Å². The first-order chi connectivity index (χ1) is 5.25. The van der Waals surface area contributed by atoms with Crippen molar-refractivity contribution in [1.82, 2.24) is 0 Å². The molecule has 60 valence electrons. The van der Waals surface area contributed by atoms with Gasteiger partial charge in [-0.25, -0.2) is 0 Å². The molecule has 2 nitrogen and oxygen atoms in total. The number of hydrogen-bond acceptors (Lipinski definition) is 2. The molecule has 0 amide bonds. The Hall–Kier alpha value is -1.18. The predicted octanol–water partition coefficient (Wildman–Crippen LogP) is 2.01. The highest BCUT2D eigenvalue weighted by atomic mass is 16.6. The van der Waals surface area contributed by atoms with Gasteiger partial charge in [0.25, 0.3) is 0 Å². The maximum Gasteiger partial charge on any atom is 0.163 e. The molecular weight excluding hydrogens is 140 g/mol. The van der Waals surface area contributed by atoms with Crippen LogP contribution in [0.1, 0.15) is 6.92 Å². The van der Waals surface area contributed by atoms with E-state index in [4.69, 9.17) is 9.47 Å². The van der Waals surface area contributed by atoms with Gasteiger partial charge in [-0.1, -0.05) is 19.2 Å². The molecule has 0 aromatic carbocycles. The van der Waals surface area contributed by atoms with Crippen molar-refractivity contribution in [2.75, 3.05) is 13.2 Å². The lowest BCUT2D eigenvalue weighted by Crippen LogP contribution is -2.14. The Labute approximate surface area is 66.8 Å². The summed E-state index contributed by atoms with van der Waals surface area (Å²) < 4.78 is 10.5. The molecule has 1 aliphatic rings. The first-order valence-electron chi connectivity index (χ1n) is 3.54. The van der Waals surface area contributed by atoms with E-state index >= 15 is 0 Å². The van der Waals surface area contributed by atoms with Crippen molar-refractivity contribution >= 4 is 0 Å². The summed E-state index contributed by atoms with van der Waals surface area (Å²) in [6.45, 7) is 10.5. The number of rotatable bonds is 1. The van der Waals surface area contributed by atoms with E-state index in [9.17, 15) is 0 Å². The molecule has 0 atom stereocenters. The molecule has 1 saturated heterocycles. The van der Waals surface area contributed by atoms with Gasteiger partial charge in [0.2, 0.25) is 0 Å². The van der Waals surface area contributed by atoms with Crippen LogP contribution in [0, 0.1) is 0 Å². The van der Waals surface area contributed by atoms with Crippen molar-refractivity contribution < 1.29 is 9.47 Å². The van der Waals surface area contributed by atoms with E-state index < -0.39 is 0 Å². The van der Waals surface area contributed by atoms with E-state index in [1.807, 2.05) is 6.92 Å². The van der Waals surface area contributed by atoms with Crippen LogP contribution in [0.5, 0.6) is 0 Å². The van der Waals surface area contributed by atoms with Crippen LogP contribution in [0.4, 0.5) is 0 Å². The third-order valence-electron chi connectivity index (χ3n) is 1.52. The molecule has 1 rings (SSSR count). The standard InChI is InChI=1S/C9H12O2/c1-4-7(2)9-8(3)10-5-6-11-9/h4H,1,3,5-6H2,2H3/b9-7+. The second-order valence-electron chi connectivity index (χ2n) is 2.34. The van der Waals surface area contributed by atoms with Gasteiger partial charge in [0.05, 0.1) is 0 Å². The highest BCUT2D eigenvalue weighted by Gasteiger charge is 2.13. The summed E-state index contributed by atoms with van der Waals surface area (Å²) in [5.74, 6) is 1.33. The smallest absolute Gasteiger partial charge is 0.163 e. The molecule has 0 aliphatic carbocycles. The van der Waals surface area contributed by atoms with Crippen molar-refractivity contribution in [3.05, 3.63) is 36.3 Å². The third-order valence-corrected chi connectivity index (χ3v) is 1.52. The normalized spacial score (nSPS) is 21.7. The fourth-order valence-corrected chi connectivity index (χ4v) is 0.881. The molecule has 0 radical (unpaired) electrons. The molecule has 0 N–H and O–H groups in total. The van der Waals surface area contributed by atoms with Gasteiger partial charge in [0.1, 0.15) is 13.2 Å². The minimum atomic E-state index is 0.590. The molecule has 0 saturated carbocycles. The van der Waals surface area contributed by atoms with E-state index in [0.29, 0.717) is 19.0 Å². The Bertz CT molecular complexity index is 214. The molecule has 0 aromatic heterocycles. The summed E-state index contributed by atoms with van der Waals surface area (Å²) >= 11 is 0. The second-order valence-corrected chi connectivity index (χ2v) is 2.34. The topological polar surface area (TPSA) is 18.5 Å². The fourth-order valence-electron chi connectivity index (χ4n) is 0.881. The molecule has 0 unspecified atom stereocenters. The molecule has 11 heavy (non-hydrogen) atoms. The van der Waals surface area contributed by atoms with Crippen molar-refractivity contribution in [2.24, 2.45) is 0 Å². The summed E-state index contributed by atoms with van der Waals surface area (Å²) in [5.41, 5.74) is 0.967. The summed E-state index contributed by atoms with van der Waals surface area (Å²) in [7, 11) is 0. The van der Waals surface area contributed by atoms with Crippen LogP contribution < -0.4 is 0 Å². The number of hydrogen-bond donors (Lipinski definition) is 0. The summed E-state index contributed by atoms with van der Waals surface area (Å²) in [5, 5.41) is 0. The van der Waals surface area contributed by atoms with Crippen molar-refractivity contribution in [1.29, 1.82) is 0 Å². The monoisotopic (exact) mass is 152 g/mol. The molecular formula is C9H12O2. The molecule has 0 spiro atoms. The molecule has 0 aromatic rings. The first-order valence-corrected chi connectivity index (χ1v) is 3.54. The largest absolute Gasteiger partial charge is 0.487 e. The van der Waals surface area contributed by atoms with Crippen molar-refractivity contribution in [2.45, 2.75) is 6.92 Å². The fraction of sp³-hybridized carbons (Fsp3) is 0.333. The average Bonchev–Trinajstić information content (AvgIpc) is 2.04. The Morgan fingerprint density at radius 3 is 2.64 bits per heavy atom. The average molecular weight is 152 g/mol. The molecule has 0 bridgehead atoms. The van der Waals surface area contributed by atoms with Gasteiger partial charge in [-0.2, -0.15) is 0 Å². The molecule has 1 fully saturated rings. The van der Waals surface area contributed by atoms with E-state index in [0.717, 1.165) is 11.3 Å². The van der Waals surface area contributed by atoms with Crippen LogP contribution in [0.2, 0.25) is 0 Å². The number of ether oxygens (including phenoxy) is 2. The van der Waals surface area contributed by atoms with Crippen molar-refractivity contribution in [3.63, 3.8) is 0 Å². The Kier molecular flexibility index (Phi) is 2.36. The van der Waals surface area contributed by atoms with Crippen molar-refractivity contribution in [3.8, 4) is 0 Å². The molecule has 1 aliphatic heterocycles. The highest BCUT2D eigenvalue weighted by molar-refractivity contribution is 5.29. The van der Waals surface area contributed by atoms with Gasteiger partial charge < -0.3 is 9.47 Å². The molecule has 1 heterocycles. The highest BCUT2D eigenvalue weighted by Crippen LogP contribution is 2.19. The van der Waals surface area contributed by atoms with Crippen LogP contribution in [0.3, 0.4) is 0 Å². The van der Waals surface area contributed by atoms with Gasteiger partial charge >= 0.3 is 0 Å². The Balaban J connectivity index is 2.83.